The van der Waals surface area contributed by atoms with Crippen molar-refractivity contribution < 1.29 is 13.2 Å². The van der Waals surface area contributed by atoms with Gasteiger partial charge in [-0.2, -0.15) is 18.4 Å². The number of alkyl halides is 3. The van der Waals surface area contributed by atoms with E-state index in [1.807, 2.05) is 6.07 Å². The second kappa shape index (κ2) is 6.14. The molecule has 6 heteroatoms. The summed E-state index contributed by atoms with van der Waals surface area (Å²) in [6, 6.07) is 9.08. The van der Waals surface area contributed by atoms with Crippen molar-refractivity contribution in [1.29, 1.82) is 5.26 Å². The minimum atomic E-state index is -4.12. The number of likely N-dealkylation sites (tertiary alicyclic amines) is 1. The van der Waals surface area contributed by atoms with Crippen molar-refractivity contribution in [3.8, 4) is 6.07 Å². The van der Waals surface area contributed by atoms with Gasteiger partial charge in [0.15, 0.2) is 0 Å². The summed E-state index contributed by atoms with van der Waals surface area (Å²) in [6.45, 7) is 0.808. The van der Waals surface area contributed by atoms with Crippen molar-refractivity contribution >= 4 is 5.69 Å². The van der Waals surface area contributed by atoms with Gasteiger partial charge in [-0.1, -0.05) is 0 Å². The Hall–Kier alpha value is -1.74. The molecule has 0 aliphatic carbocycles. The Morgan fingerprint density at radius 2 is 2.00 bits per heavy atom. The lowest BCUT2D eigenvalue weighted by Gasteiger charge is -2.18. The van der Waals surface area contributed by atoms with Gasteiger partial charge in [0, 0.05) is 18.8 Å². The molecule has 0 saturated carbocycles. The van der Waals surface area contributed by atoms with Crippen LogP contribution in [0.15, 0.2) is 24.3 Å². The fraction of sp³-hybridized carbons (Fsp3) is 0.500. The Bertz CT molecular complexity index is 476. The first-order chi connectivity index (χ1) is 9.46. The molecule has 20 heavy (non-hydrogen) atoms. The molecule has 1 unspecified atom stereocenters. The summed E-state index contributed by atoms with van der Waals surface area (Å²) in [7, 11) is 0. The van der Waals surface area contributed by atoms with Crippen molar-refractivity contribution in [3.63, 3.8) is 0 Å². The number of anilines is 1. The first kappa shape index (κ1) is 14.7. The zero-order valence-corrected chi connectivity index (χ0v) is 11.0. The second-order valence-electron chi connectivity index (χ2n) is 5.08. The molecule has 0 bridgehead atoms. The predicted molar refractivity (Wildman–Crippen MR) is 70.2 cm³/mol. The van der Waals surface area contributed by atoms with Gasteiger partial charge in [0.05, 0.1) is 18.2 Å². The Morgan fingerprint density at radius 3 is 2.60 bits per heavy atom. The van der Waals surface area contributed by atoms with Gasteiger partial charge in [-0.15, -0.1) is 0 Å². The highest BCUT2D eigenvalue weighted by molar-refractivity contribution is 5.47. The molecule has 1 aromatic carbocycles. The van der Waals surface area contributed by atoms with Crippen LogP contribution in [-0.2, 0) is 0 Å². The standard InChI is InChI=1S/C14H16F3N3/c15-14(16,17)10-20-6-5-12(9-20)8-19-13-3-1-11(7-18)2-4-13/h1-4,12,19H,5-6,8-10H2. The molecule has 0 amide bonds. The van der Waals surface area contributed by atoms with E-state index in [-0.39, 0.29) is 5.92 Å². The van der Waals surface area contributed by atoms with Gasteiger partial charge >= 0.3 is 6.18 Å². The lowest BCUT2D eigenvalue weighted by atomic mass is 10.1. The fourth-order valence-corrected chi connectivity index (χ4v) is 2.40. The number of benzene rings is 1. The SMILES string of the molecule is N#Cc1ccc(NCC2CCN(CC(F)(F)F)C2)cc1. The van der Waals surface area contributed by atoms with Gasteiger partial charge in [-0.25, -0.2) is 0 Å². The van der Waals surface area contributed by atoms with E-state index in [9.17, 15) is 13.2 Å². The minimum Gasteiger partial charge on any atom is -0.385 e. The van der Waals surface area contributed by atoms with E-state index in [0.29, 0.717) is 25.2 Å². The van der Waals surface area contributed by atoms with E-state index in [2.05, 4.69) is 5.32 Å². The topological polar surface area (TPSA) is 39.1 Å². The quantitative estimate of drug-likeness (QED) is 0.923. The van der Waals surface area contributed by atoms with Crippen molar-refractivity contribution in [2.45, 2.75) is 12.6 Å². The number of halogens is 3. The molecule has 2 rings (SSSR count). The molecule has 1 fully saturated rings. The molecule has 0 spiro atoms. The van der Waals surface area contributed by atoms with E-state index in [1.165, 1.54) is 4.90 Å². The third-order valence-electron chi connectivity index (χ3n) is 3.38. The molecule has 1 saturated heterocycles. The maximum absolute atomic E-state index is 12.3. The van der Waals surface area contributed by atoms with Crippen LogP contribution in [-0.4, -0.2) is 37.3 Å². The molecule has 1 aromatic rings. The van der Waals surface area contributed by atoms with Gasteiger partial charge in [-0.3, -0.25) is 4.90 Å². The number of hydrogen-bond donors (Lipinski definition) is 1. The van der Waals surface area contributed by atoms with Gasteiger partial charge < -0.3 is 5.32 Å². The van der Waals surface area contributed by atoms with Crippen LogP contribution in [0.25, 0.3) is 0 Å². The lowest BCUT2D eigenvalue weighted by molar-refractivity contribution is -0.143. The maximum Gasteiger partial charge on any atom is 0.401 e. The van der Waals surface area contributed by atoms with E-state index in [0.717, 1.165) is 12.1 Å². The highest BCUT2D eigenvalue weighted by Gasteiger charge is 2.34. The Kier molecular flexibility index (Phi) is 4.50. The predicted octanol–water partition coefficient (Wildman–Crippen LogP) is 2.85. The van der Waals surface area contributed by atoms with Crippen LogP contribution in [0.1, 0.15) is 12.0 Å². The van der Waals surface area contributed by atoms with Crippen molar-refractivity contribution in [2.75, 3.05) is 31.5 Å². The molecule has 0 radical (unpaired) electrons. The highest BCUT2D eigenvalue weighted by atomic mass is 19.4. The van der Waals surface area contributed by atoms with Gasteiger partial charge in [-0.05, 0) is 43.1 Å². The minimum absolute atomic E-state index is 0.230. The number of rotatable bonds is 4. The van der Waals surface area contributed by atoms with Gasteiger partial charge in [0.25, 0.3) is 0 Å². The average molecular weight is 283 g/mol. The van der Waals surface area contributed by atoms with E-state index in [4.69, 9.17) is 5.26 Å². The summed E-state index contributed by atoms with van der Waals surface area (Å²) in [6.07, 6.45) is -3.34. The summed E-state index contributed by atoms with van der Waals surface area (Å²) in [5, 5.41) is 11.9. The van der Waals surface area contributed by atoms with Crippen LogP contribution in [0, 0.1) is 17.2 Å². The molecular weight excluding hydrogens is 267 g/mol. The van der Waals surface area contributed by atoms with E-state index in [1.54, 1.807) is 24.3 Å². The molecule has 1 aliphatic heterocycles. The largest absolute Gasteiger partial charge is 0.401 e. The molecular formula is C14H16F3N3. The summed E-state index contributed by atoms with van der Waals surface area (Å²) in [4.78, 5) is 1.45. The van der Waals surface area contributed by atoms with E-state index >= 15 is 0 Å². The number of hydrogen-bond acceptors (Lipinski definition) is 3. The van der Waals surface area contributed by atoms with E-state index < -0.39 is 12.7 Å². The summed E-state index contributed by atoms with van der Waals surface area (Å²) >= 11 is 0. The van der Waals surface area contributed by atoms with Crippen LogP contribution in [0.3, 0.4) is 0 Å². The number of nitrogens with zero attached hydrogens (tertiary/aromatic N) is 2. The molecule has 1 heterocycles. The zero-order chi connectivity index (χ0) is 14.6. The molecule has 3 nitrogen and oxygen atoms in total. The average Bonchev–Trinajstić information content (AvgIpc) is 2.82. The van der Waals surface area contributed by atoms with Crippen LogP contribution < -0.4 is 5.32 Å². The molecule has 0 aromatic heterocycles. The van der Waals surface area contributed by atoms with Crippen molar-refractivity contribution in [1.82, 2.24) is 4.90 Å². The number of nitrogens with one attached hydrogen (secondary N) is 1. The normalized spacial score (nSPS) is 19.8. The van der Waals surface area contributed by atoms with Crippen LogP contribution >= 0.6 is 0 Å². The van der Waals surface area contributed by atoms with Crippen molar-refractivity contribution in [2.24, 2.45) is 5.92 Å². The molecule has 108 valence electrons. The van der Waals surface area contributed by atoms with Crippen LogP contribution in [0.2, 0.25) is 0 Å². The Labute approximate surface area is 116 Å². The third-order valence-corrected chi connectivity index (χ3v) is 3.38. The van der Waals surface area contributed by atoms with Gasteiger partial charge in [0.2, 0.25) is 0 Å². The van der Waals surface area contributed by atoms with Gasteiger partial charge in [0.1, 0.15) is 0 Å². The third kappa shape index (κ3) is 4.42. The maximum atomic E-state index is 12.3. The monoisotopic (exact) mass is 283 g/mol. The smallest absolute Gasteiger partial charge is 0.385 e. The summed E-state index contributed by atoms with van der Waals surface area (Å²) < 4.78 is 36.8. The Balaban J connectivity index is 1.76. The molecule has 1 N–H and O–H groups in total. The van der Waals surface area contributed by atoms with Crippen LogP contribution in [0.4, 0.5) is 18.9 Å². The van der Waals surface area contributed by atoms with Crippen LogP contribution in [0.5, 0.6) is 0 Å². The zero-order valence-electron chi connectivity index (χ0n) is 11.0. The van der Waals surface area contributed by atoms with Crippen molar-refractivity contribution in [3.05, 3.63) is 29.8 Å². The first-order valence-corrected chi connectivity index (χ1v) is 6.49. The fourth-order valence-electron chi connectivity index (χ4n) is 2.40. The first-order valence-electron chi connectivity index (χ1n) is 6.49. The number of nitriles is 1. The second-order valence-corrected chi connectivity index (χ2v) is 5.08. The lowest BCUT2D eigenvalue weighted by Crippen LogP contribution is -2.33. The highest BCUT2D eigenvalue weighted by Crippen LogP contribution is 2.23. The summed E-state index contributed by atoms with van der Waals surface area (Å²) in [5.74, 6) is 0.230. The summed E-state index contributed by atoms with van der Waals surface area (Å²) in [5.41, 5.74) is 1.48. The Morgan fingerprint density at radius 1 is 1.30 bits per heavy atom. The molecule has 1 atom stereocenters. The molecule has 1 aliphatic rings.